The van der Waals surface area contributed by atoms with Crippen molar-refractivity contribution in [1.82, 2.24) is 24.5 Å². The molecule has 0 aliphatic carbocycles. The van der Waals surface area contributed by atoms with E-state index in [1.54, 1.807) is 25.5 Å². The first-order valence-corrected chi connectivity index (χ1v) is 8.06. The van der Waals surface area contributed by atoms with Crippen LogP contribution in [0.4, 0.5) is 0 Å². The first kappa shape index (κ1) is 14.9. The summed E-state index contributed by atoms with van der Waals surface area (Å²) in [6, 6.07) is 1.89. The van der Waals surface area contributed by atoms with Gasteiger partial charge >= 0.3 is 0 Å². The molecule has 1 saturated heterocycles. The summed E-state index contributed by atoms with van der Waals surface area (Å²) in [5, 5.41) is 8.43. The predicted molar refractivity (Wildman–Crippen MR) is 91.5 cm³/mol. The van der Waals surface area contributed by atoms with E-state index in [1.165, 1.54) is 4.68 Å². The van der Waals surface area contributed by atoms with Crippen LogP contribution in [0.15, 0.2) is 29.8 Å². The third kappa shape index (κ3) is 2.28. The number of hydrogen-bond donors (Lipinski definition) is 1. The molecular formula is C17H19N5O2. The number of pyridine rings is 1. The monoisotopic (exact) mass is 325 g/mol. The fraction of sp³-hybridized carbons (Fsp3) is 0.353. The van der Waals surface area contributed by atoms with Crippen LogP contribution in [0.5, 0.6) is 0 Å². The van der Waals surface area contributed by atoms with Gasteiger partial charge in [-0.1, -0.05) is 6.58 Å². The van der Waals surface area contributed by atoms with Crippen LogP contribution < -0.4 is 5.56 Å². The molecule has 0 radical (unpaired) electrons. The number of aryl methyl sites for hydroxylation is 1. The molecule has 0 saturated carbocycles. The second-order valence-electron chi connectivity index (χ2n) is 5.99. The average molecular weight is 325 g/mol. The van der Waals surface area contributed by atoms with Gasteiger partial charge < -0.3 is 9.84 Å². The van der Waals surface area contributed by atoms with E-state index >= 15 is 0 Å². The molecule has 4 heterocycles. The van der Waals surface area contributed by atoms with Gasteiger partial charge in [-0.25, -0.2) is 4.68 Å². The van der Waals surface area contributed by atoms with E-state index in [-0.39, 0.29) is 11.8 Å². The average Bonchev–Trinajstić information content (AvgIpc) is 3.16. The normalized spacial score (nSPS) is 18.1. The summed E-state index contributed by atoms with van der Waals surface area (Å²) in [6.45, 7) is 4.60. The van der Waals surface area contributed by atoms with Crippen molar-refractivity contribution >= 4 is 17.0 Å². The van der Waals surface area contributed by atoms with Gasteiger partial charge in [-0.15, -0.1) is 0 Å². The Morgan fingerprint density at radius 3 is 3.00 bits per heavy atom. The van der Waals surface area contributed by atoms with Gasteiger partial charge in [0.1, 0.15) is 0 Å². The van der Waals surface area contributed by atoms with E-state index in [0.717, 1.165) is 42.5 Å². The Labute approximate surface area is 138 Å². The molecule has 3 aromatic rings. The molecule has 1 aliphatic rings. The van der Waals surface area contributed by atoms with Crippen molar-refractivity contribution in [3.8, 4) is 11.3 Å². The minimum atomic E-state index is -0.106. The second kappa shape index (κ2) is 5.76. The Morgan fingerprint density at radius 1 is 1.46 bits per heavy atom. The van der Waals surface area contributed by atoms with Gasteiger partial charge in [0.15, 0.2) is 6.23 Å². The predicted octanol–water partition coefficient (Wildman–Crippen LogP) is 2.47. The highest BCUT2D eigenvalue weighted by atomic mass is 16.5. The molecule has 1 fully saturated rings. The minimum absolute atomic E-state index is 0.0669. The topological polar surface area (TPSA) is 77.7 Å². The van der Waals surface area contributed by atoms with E-state index in [4.69, 9.17) is 4.74 Å². The Morgan fingerprint density at radius 2 is 2.33 bits per heavy atom. The Balaban J connectivity index is 1.86. The van der Waals surface area contributed by atoms with Crippen LogP contribution in [0.2, 0.25) is 0 Å². The lowest BCUT2D eigenvalue weighted by atomic mass is 10.1. The van der Waals surface area contributed by atoms with Crippen molar-refractivity contribution in [3.05, 3.63) is 41.1 Å². The largest absolute Gasteiger partial charge is 0.356 e. The smallest absolute Gasteiger partial charge is 0.275 e. The molecule has 1 aliphatic heterocycles. The summed E-state index contributed by atoms with van der Waals surface area (Å²) in [6.07, 6.45) is 8.23. The molecule has 3 aromatic heterocycles. The van der Waals surface area contributed by atoms with Crippen molar-refractivity contribution in [3.63, 3.8) is 0 Å². The molecule has 0 bridgehead atoms. The number of hydrogen-bond acceptors (Lipinski definition) is 4. The van der Waals surface area contributed by atoms with Gasteiger partial charge in [0.05, 0.1) is 28.7 Å². The zero-order chi connectivity index (χ0) is 16.7. The van der Waals surface area contributed by atoms with Gasteiger partial charge in [-0.2, -0.15) is 5.10 Å². The first-order chi connectivity index (χ1) is 11.7. The molecule has 7 heteroatoms. The van der Waals surface area contributed by atoms with Gasteiger partial charge in [0.2, 0.25) is 0 Å². The summed E-state index contributed by atoms with van der Waals surface area (Å²) in [4.78, 5) is 16.6. The SMILES string of the molecule is C=Cc1nn(C2CCCCO2)c2cnc(-c3c[nH]n(C)c3=O)cc12. The van der Waals surface area contributed by atoms with Crippen molar-refractivity contribution in [1.29, 1.82) is 0 Å². The Hall–Kier alpha value is -2.67. The zero-order valence-corrected chi connectivity index (χ0v) is 13.5. The number of nitrogens with one attached hydrogen (secondary N) is 1. The van der Waals surface area contributed by atoms with Crippen LogP contribution in [0.25, 0.3) is 28.2 Å². The maximum absolute atomic E-state index is 12.1. The lowest BCUT2D eigenvalue weighted by Gasteiger charge is -2.23. The zero-order valence-electron chi connectivity index (χ0n) is 13.5. The third-order valence-corrected chi connectivity index (χ3v) is 4.46. The number of rotatable bonds is 3. The van der Waals surface area contributed by atoms with E-state index < -0.39 is 0 Å². The molecule has 1 atom stereocenters. The molecule has 124 valence electrons. The maximum Gasteiger partial charge on any atom is 0.275 e. The molecule has 7 nitrogen and oxygen atoms in total. The molecular weight excluding hydrogens is 306 g/mol. The number of aromatic nitrogens is 5. The fourth-order valence-corrected chi connectivity index (χ4v) is 3.14. The van der Waals surface area contributed by atoms with Crippen LogP contribution in [-0.2, 0) is 11.8 Å². The highest BCUT2D eigenvalue weighted by molar-refractivity contribution is 5.89. The van der Waals surface area contributed by atoms with E-state index in [0.29, 0.717) is 11.3 Å². The summed E-state index contributed by atoms with van der Waals surface area (Å²) in [5.74, 6) is 0. The Kier molecular flexibility index (Phi) is 3.57. The van der Waals surface area contributed by atoms with Crippen LogP contribution >= 0.6 is 0 Å². The molecule has 1 unspecified atom stereocenters. The second-order valence-corrected chi connectivity index (χ2v) is 5.99. The first-order valence-electron chi connectivity index (χ1n) is 8.06. The van der Waals surface area contributed by atoms with Crippen LogP contribution in [0.1, 0.15) is 31.2 Å². The summed E-state index contributed by atoms with van der Waals surface area (Å²) >= 11 is 0. The number of nitrogens with zero attached hydrogens (tertiary/aromatic N) is 4. The van der Waals surface area contributed by atoms with Gasteiger partial charge in [-0.05, 0) is 31.4 Å². The van der Waals surface area contributed by atoms with Gasteiger partial charge in [0.25, 0.3) is 5.56 Å². The molecule has 0 aromatic carbocycles. The lowest BCUT2D eigenvalue weighted by molar-refractivity contribution is -0.0367. The molecule has 24 heavy (non-hydrogen) atoms. The van der Waals surface area contributed by atoms with Gasteiger partial charge in [0, 0.05) is 25.2 Å². The summed E-state index contributed by atoms with van der Waals surface area (Å²) in [7, 11) is 1.68. The number of aromatic amines is 1. The quantitative estimate of drug-likeness (QED) is 0.802. The molecule has 1 N–H and O–H groups in total. The highest BCUT2D eigenvalue weighted by Gasteiger charge is 2.21. The number of H-pyrrole nitrogens is 1. The van der Waals surface area contributed by atoms with Crippen molar-refractivity contribution < 1.29 is 4.74 Å². The molecule has 4 rings (SSSR count). The Bertz CT molecular complexity index is 959. The number of ether oxygens (including phenoxy) is 1. The molecule has 0 spiro atoms. The van der Waals surface area contributed by atoms with E-state index in [2.05, 4.69) is 21.8 Å². The third-order valence-electron chi connectivity index (χ3n) is 4.46. The van der Waals surface area contributed by atoms with E-state index in [1.807, 2.05) is 10.7 Å². The lowest BCUT2D eigenvalue weighted by Crippen LogP contribution is -2.19. The summed E-state index contributed by atoms with van der Waals surface area (Å²) in [5.41, 5.74) is 2.72. The fourth-order valence-electron chi connectivity index (χ4n) is 3.14. The van der Waals surface area contributed by atoms with Gasteiger partial charge in [-0.3, -0.25) is 14.5 Å². The van der Waals surface area contributed by atoms with Crippen LogP contribution in [0, 0.1) is 0 Å². The molecule has 0 amide bonds. The van der Waals surface area contributed by atoms with Crippen LogP contribution in [0.3, 0.4) is 0 Å². The summed E-state index contributed by atoms with van der Waals surface area (Å²) < 4.78 is 9.16. The minimum Gasteiger partial charge on any atom is -0.356 e. The standard InChI is InChI=1S/C17H19N5O2/c1-3-13-11-8-14(12-9-19-21(2)17(12)23)18-10-15(11)22(20-13)16-6-4-5-7-24-16/h3,8-10,16,19H,1,4-7H2,2H3. The van der Waals surface area contributed by atoms with E-state index in [9.17, 15) is 4.79 Å². The maximum atomic E-state index is 12.1. The van der Waals surface area contributed by atoms with Crippen molar-refractivity contribution in [2.45, 2.75) is 25.5 Å². The number of fused-ring (bicyclic) bond motifs is 1. The van der Waals surface area contributed by atoms with Crippen molar-refractivity contribution in [2.75, 3.05) is 6.61 Å². The highest BCUT2D eigenvalue weighted by Crippen LogP contribution is 2.29. The van der Waals surface area contributed by atoms with Crippen molar-refractivity contribution in [2.24, 2.45) is 7.05 Å². The van der Waals surface area contributed by atoms with Crippen LogP contribution in [-0.4, -0.2) is 31.2 Å².